The van der Waals surface area contributed by atoms with Gasteiger partial charge in [-0.25, -0.2) is 0 Å². The van der Waals surface area contributed by atoms with Crippen molar-refractivity contribution in [2.24, 2.45) is 0 Å². The molecule has 5 heteroatoms. The van der Waals surface area contributed by atoms with Gasteiger partial charge in [0, 0.05) is 19.7 Å². The highest BCUT2D eigenvalue weighted by atomic mass is 16.5. The fourth-order valence-electron chi connectivity index (χ4n) is 2.75. The second-order valence-electron chi connectivity index (χ2n) is 7.07. The summed E-state index contributed by atoms with van der Waals surface area (Å²) in [6.45, 7) is 1.95. The molecule has 0 radical (unpaired) electrons. The fraction of sp³-hybridized carbons (Fsp3) is 0.120. The lowest BCUT2D eigenvalue weighted by Gasteiger charge is -2.15. The predicted molar refractivity (Wildman–Crippen MR) is 118 cm³/mol. The summed E-state index contributed by atoms with van der Waals surface area (Å²) in [6, 6.07) is 24.0. The molecule has 3 rings (SSSR count). The van der Waals surface area contributed by atoms with Crippen LogP contribution in [0.3, 0.4) is 0 Å². The lowest BCUT2D eigenvalue weighted by atomic mass is 10.1. The van der Waals surface area contributed by atoms with Crippen LogP contribution in [0.5, 0.6) is 11.5 Å². The number of carbonyl (C=O) groups is 2. The number of nitrogens with one attached hydrogen (secondary N) is 1. The minimum Gasteiger partial charge on any atom is -0.457 e. The van der Waals surface area contributed by atoms with Gasteiger partial charge < -0.3 is 15.0 Å². The maximum Gasteiger partial charge on any atom is 0.269 e. The zero-order valence-electron chi connectivity index (χ0n) is 17.3. The first-order valence-corrected chi connectivity index (χ1v) is 9.57. The van der Waals surface area contributed by atoms with Crippen LogP contribution < -0.4 is 10.1 Å². The lowest BCUT2D eigenvalue weighted by molar-refractivity contribution is -0.124. The SMILES string of the molecule is Cc1ccc(C(=O)N/C(=C\c2cccc(Oc3ccccc3)c2)C(=O)N(C)C)cc1. The number of likely N-dealkylation sites (N-methyl/N-ethyl adjacent to an activating group) is 1. The Kier molecular flexibility index (Phi) is 6.65. The number of para-hydroxylation sites is 1. The van der Waals surface area contributed by atoms with Crippen molar-refractivity contribution in [3.8, 4) is 11.5 Å². The summed E-state index contributed by atoms with van der Waals surface area (Å²) in [4.78, 5) is 26.7. The number of benzene rings is 3. The number of aryl methyl sites for hydroxylation is 1. The Balaban J connectivity index is 1.86. The van der Waals surface area contributed by atoms with Gasteiger partial charge in [-0.15, -0.1) is 0 Å². The van der Waals surface area contributed by atoms with Gasteiger partial charge in [0.2, 0.25) is 0 Å². The molecule has 0 saturated heterocycles. The van der Waals surface area contributed by atoms with Gasteiger partial charge in [-0.05, 0) is 55.0 Å². The number of hydrogen-bond acceptors (Lipinski definition) is 3. The third-order valence-electron chi connectivity index (χ3n) is 4.35. The quantitative estimate of drug-likeness (QED) is 0.613. The predicted octanol–water partition coefficient (Wildman–Crippen LogP) is 4.65. The third kappa shape index (κ3) is 5.58. The molecule has 0 aliphatic rings. The second kappa shape index (κ2) is 9.56. The third-order valence-corrected chi connectivity index (χ3v) is 4.35. The number of rotatable bonds is 6. The zero-order valence-corrected chi connectivity index (χ0v) is 17.3. The van der Waals surface area contributed by atoms with Crippen LogP contribution in [0.15, 0.2) is 84.6 Å². The molecule has 152 valence electrons. The molecule has 5 nitrogen and oxygen atoms in total. The van der Waals surface area contributed by atoms with Crippen LogP contribution in [-0.2, 0) is 4.79 Å². The van der Waals surface area contributed by atoms with Crippen LogP contribution >= 0.6 is 0 Å². The molecule has 0 fully saturated rings. The molecule has 0 spiro atoms. The molecule has 2 amide bonds. The van der Waals surface area contributed by atoms with Crippen molar-refractivity contribution in [2.45, 2.75) is 6.92 Å². The first kappa shape index (κ1) is 20.9. The lowest BCUT2D eigenvalue weighted by Crippen LogP contribution is -2.34. The van der Waals surface area contributed by atoms with Crippen molar-refractivity contribution in [1.29, 1.82) is 0 Å². The summed E-state index contributed by atoms with van der Waals surface area (Å²) < 4.78 is 5.86. The van der Waals surface area contributed by atoms with Crippen molar-refractivity contribution >= 4 is 17.9 Å². The van der Waals surface area contributed by atoms with E-state index >= 15 is 0 Å². The van der Waals surface area contributed by atoms with Crippen LogP contribution in [0, 0.1) is 6.92 Å². The van der Waals surface area contributed by atoms with E-state index in [0.717, 1.165) is 16.9 Å². The van der Waals surface area contributed by atoms with Gasteiger partial charge in [0.25, 0.3) is 11.8 Å². The van der Waals surface area contributed by atoms with Gasteiger partial charge in [0.1, 0.15) is 17.2 Å². The van der Waals surface area contributed by atoms with E-state index < -0.39 is 0 Å². The molecule has 0 aromatic heterocycles. The average Bonchev–Trinajstić information content (AvgIpc) is 2.74. The second-order valence-corrected chi connectivity index (χ2v) is 7.07. The molecule has 30 heavy (non-hydrogen) atoms. The molecular formula is C25H24N2O3. The smallest absolute Gasteiger partial charge is 0.269 e. The van der Waals surface area contributed by atoms with Crippen molar-refractivity contribution < 1.29 is 14.3 Å². The molecule has 0 bridgehead atoms. The molecule has 0 saturated carbocycles. The summed E-state index contributed by atoms with van der Waals surface area (Å²) in [7, 11) is 3.28. The van der Waals surface area contributed by atoms with Crippen LogP contribution in [0.2, 0.25) is 0 Å². The van der Waals surface area contributed by atoms with E-state index in [0.29, 0.717) is 11.3 Å². The number of ether oxygens (including phenoxy) is 1. The van der Waals surface area contributed by atoms with Crippen molar-refractivity contribution in [1.82, 2.24) is 10.2 Å². The van der Waals surface area contributed by atoms with Gasteiger partial charge in [-0.3, -0.25) is 9.59 Å². The monoisotopic (exact) mass is 400 g/mol. The summed E-state index contributed by atoms with van der Waals surface area (Å²) in [5.74, 6) is 0.713. The minimum absolute atomic E-state index is 0.183. The van der Waals surface area contributed by atoms with E-state index in [9.17, 15) is 9.59 Å². The highest BCUT2D eigenvalue weighted by molar-refractivity contribution is 6.05. The molecule has 3 aromatic rings. The zero-order chi connectivity index (χ0) is 21.5. The molecule has 0 aliphatic carbocycles. The van der Waals surface area contributed by atoms with Crippen LogP contribution in [0.1, 0.15) is 21.5 Å². The number of carbonyl (C=O) groups excluding carboxylic acids is 2. The van der Waals surface area contributed by atoms with Gasteiger partial charge >= 0.3 is 0 Å². The molecule has 0 atom stereocenters. The van der Waals surface area contributed by atoms with E-state index in [4.69, 9.17) is 4.74 Å². The fourth-order valence-corrected chi connectivity index (χ4v) is 2.75. The normalized spacial score (nSPS) is 11.0. The molecule has 0 aliphatic heterocycles. The number of nitrogens with zero attached hydrogens (tertiary/aromatic N) is 1. The Morgan fingerprint density at radius 1 is 0.867 bits per heavy atom. The van der Waals surface area contributed by atoms with Crippen molar-refractivity contribution in [3.05, 3.63) is 101 Å². The Hall–Kier alpha value is -3.86. The maximum atomic E-state index is 12.7. The molecule has 1 N–H and O–H groups in total. The standard InChI is InChI=1S/C25H24N2O3/c1-18-12-14-20(15-13-18)24(28)26-23(25(29)27(2)3)17-19-8-7-11-22(16-19)30-21-9-5-4-6-10-21/h4-17H,1-3H3,(H,26,28)/b23-17-. The van der Waals surface area contributed by atoms with Gasteiger partial charge in [0.05, 0.1) is 0 Å². The summed E-state index contributed by atoms with van der Waals surface area (Å²) in [6.07, 6.45) is 1.65. The molecule has 0 heterocycles. The topological polar surface area (TPSA) is 58.6 Å². The van der Waals surface area contributed by atoms with E-state index in [1.807, 2.05) is 73.7 Å². The van der Waals surface area contributed by atoms with E-state index in [1.54, 1.807) is 32.3 Å². The minimum atomic E-state index is -0.340. The highest BCUT2D eigenvalue weighted by Crippen LogP contribution is 2.23. The van der Waals surface area contributed by atoms with E-state index in [2.05, 4.69) is 5.32 Å². The first-order chi connectivity index (χ1) is 14.4. The Morgan fingerprint density at radius 2 is 1.53 bits per heavy atom. The summed E-state index contributed by atoms with van der Waals surface area (Å²) in [5.41, 5.74) is 2.46. The van der Waals surface area contributed by atoms with Crippen molar-refractivity contribution in [2.75, 3.05) is 14.1 Å². The Labute approximate surface area is 176 Å². The van der Waals surface area contributed by atoms with E-state index in [-0.39, 0.29) is 17.5 Å². The summed E-state index contributed by atoms with van der Waals surface area (Å²) >= 11 is 0. The highest BCUT2D eigenvalue weighted by Gasteiger charge is 2.16. The number of amides is 2. The van der Waals surface area contributed by atoms with Crippen LogP contribution in [0.4, 0.5) is 0 Å². The Bertz CT molecular complexity index is 1060. The van der Waals surface area contributed by atoms with Gasteiger partial charge in [-0.1, -0.05) is 48.0 Å². The maximum absolute atomic E-state index is 12.7. The van der Waals surface area contributed by atoms with Gasteiger partial charge in [-0.2, -0.15) is 0 Å². The van der Waals surface area contributed by atoms with Gasteiger partial charge in [0.15, 0.2) is 0 Å². The molecule has 0 unspecified atom stereocenters. The largest absolute Gasteiger partial charge is 0.457 e. The first-order valence-electron chi connectivity index (χ1n) is 9.57. The van der Waals surface area contributed by atoms with Crippen molar-refractivity contribution in [3.63, 3.8) is 0 Å². The van der Waals surface area contributed by atoms with E-state index in [1.165, 1.54) is 4.90 Å². The van der Waals surface area contributed by atoms with Crippen LogP contribution in [-0.4, -0.2) is 30.8 Å². The average molecular weight is 400 g/mol. The number of hydrogen-bond donors (Lipinski definition) is 1. The summed E-state index contributed by atoms with van der Waals surface area (Å²) in [5, 5.41) is 2.74. The van der Waals surface area contributed by atoms with Crippen LogP contribution in [0.25, 0.3) is 6.08 Å². The molecular weight excluding hydrogens is 376 g/mol. The Morgan fingerprint density at radius 3 is 2.20 bits per heavy atom. The molecule has 3 aromatic carbocycles.